The fourth-order valence-electron chi connectivity index (χ4n) is 3.02. The first kappa shape index (κ1) is 20.1. The molecule has 150 valence electrons. The minimum Gasteiger partial charge on any atom is -0.481 e. The summed E-state index contributed by atoms with van der Waals surface area (Å²) in [6.45, 7) is 2.32. The summed E-state index contributed by atoms with van der Waals surface area (Å²) in [4.78, 5) is 30.3. The highest BCUT2D eigenvalue weighted by Crippen LogP contribution is 2.32. The fraction of sp³-hybridized carbons (Fsp3) is 0.389. The summed E-state index contributed by atoms with van der Waals surface area (Å²) < 4.78 is 40.6. The number of hydrogen-bond acceptors (Lipinski definition) is 5. The maximum absolute atomic E-state index is 12.8. The van der Waals surface area contributed by atoms with E-state index in [9.17, 15) is 27.9 Å². The molecule has 2 aromatic rings. The van der Waals surface area contributed by atoms with E-state index in [4.69, 9.17) is 0 Å². The molecular formula is C18H17F3N2O4S. The average molecular weight is 414 g/mol. The number of nitrogens with zero attached hydrogens (tertiary/aromatic N) is 2. The van der Waals surface area contributed by atoms with E-state index in [0.29, 0.717) is 40.5 Å². The molecule has 0 unspecified atom stereocenters. The number of amides is 1. The van der Waals surface area contributed by atoms with Crippen LogP contribution in [0.1, 0.15) is 28.2 Å². The number of alkyl halides is 3. The van der Waals surface area contributed by atoms with E-state index in [1.54, 1.807) is 6.92 Å². The number of aryl methyl sites for hydroxylation is 1. The molecule has 2 heterocycles. The maximum Gasteiger partial charge on any atom is 0.573 e. The van der Waals surface area contributed by atoms with Crippen molar-refractivity contribution in [3.8, 4) is 16.3 Å². The van der Waals surface area contributed by atoms with E-state index in [1.807, 2.05) is 0 Å². The first-order valence-electron chi connectivity index (χ1n) is 8.50. The van der Waals surface area contributed by atoms with Gasteiger partial charge in [-0.25, -0.2) is 4.98 Å². The molecule has 1 fully saturated rings. The van der Waals surface area contributed by atoms with Crippen LogP contribution in [0.15, 0.2) is 24.3 Å². The number of ether oxygens (including phenoxy) is 1. The Morgan fingerprint density at radius 1 is 1.29 bits per heavy atom. The normalized spacial score (nSPS) is 17.4. The van der Waals surface area contributed by atoms with Crippen LogP contribution in [0.25, 0.3) is 10.6 Å². The largest absolute Gasteiger partial charge is 0.573 e. The van der Waals surface area contributed by atoms with Gasteiger partial charge in [0.05, 0.1) is 11.6 Å². The Kier molecular flexibility index (Phi) is 5.59. The highest BCUT2D eigenvalue weighted by Gasteiger charge is 2.32. The van der Waals surface area contributed by atoms with Crippen molar-refractivity contribution in [1.29, 1.82) is 0 Å². The lowest BCUT2D eigenvalue weighted by Crippen LogP contribution is -2.42. The maximum atomic E-state index is 12.8. The summed E-state index contributed by atoms with van der Waals surface area (Å²) in [5.74, 6) is -2.11. The van der Waals surface area contributed by atoms with Crippen LogP contribution in [0, 0.1) is 12.8 Å². The molecule has 28 heavy (non-hydrogen) atoms. The Hall–Kier alpha value is -2.62. The smallest absolute Gasteiger partial charge is 0.481 e. The molecule has 1 aliphatic heterocycles. The van der Waals surface area contributed by atoms with Gasteiger partial charge in [-0.3, -0.25) is 9.59 Å². The van der Waals surface area contributed by atoms with Crippen LogP contribution >= 0.6 is 11.3 Å². The number of benzene rings is 1. The predicted octanol–water partition coefficient (Wildman–Crippen LogP) is 3.95. The van der Waals surface area contributed by atoms with Gasteiger partial charge in [0, 0.05) is 18.7 Å². The zero-order valence-corrected chi connectivity index (χ0v) is 15.6. The van der Waals surface area contributed by atoms with E-state index in [2.05, 4.69) is 9.72 Å². The van der Waals surface area contributed by atoms with Crippen molar-refractivity contribution in [1.82, 2.24) is 9.88 Å². The summed E-state index contributed by atoms with van der Waals surface area (Å²) in [7, 11) is 0. The molecule has 0 aliphatic carbocycles. The molecule has 0 radical (unpaired) electrons. The van der Waals surface area contributed by atoms with Crippen molar-refractivity contribution in [2.45, 2.75) is 26.1 Å². The monoisotopic (exact) mass is 414 g/mol. The van der Waals surface area contributed by atoms with Crippen molar-refractivity contribution >= 4 is 23.2 Å². The number of rotatable bonds is 4. The minimum atomic E-state index is -4.76. The Labute approximate surface area is 162 Å². The van der Waals surface area contributed by atoms with Crippen molar-refractivity contribution in [3.63, 3.8) is 0 Å². The van der Waals surface area contributed by atoms with E-state index in [1.165, 1.54) is 29.2 Å². The van der Waals surface area contributed by atoms with Gasteiger partial charge in [-0.1, -0.05) is 0 Å². The van der Waals surface area contributed by atoms with Crippen LogP contribution < -0.4 is 4.74 Å². The van der Waals surface area contributed by atoms with Gasteiger partial charge in [-0.15, -0.1) is 24.5 Å². The van der Waals surface area contributed by atoms with Crippen molar-refractivity contribution in [2.75, 3.05) is 13.1 Å². The number of thiazole rings is 1. The number of halogens is 3. The lowest BCUT2D eigenvalue weighted by molar-refractivity contribution is -0.274. The quantitative estimate of drug-likeness (QED) is 0.820. The number of carbonyl (C=O) groups is 2. The number of carboxylic acids is 1. The molecule has 1 atom stereocenters. The Balaban J connectivity index is 1.77. The third-order valence-electron chi connectivity index (χ3n) is 4.38. The van der Waals surface area contributed by atoms with Crippen molar-refractivity contribution < 1.29 is 32.6 Å². The van der Waals surface area contributed by atoms with Gasteiger partial charge in [-0.05, 0) is 44.0 Å². The summed E-state index contributed by atoms with van der Waals surface area (Å²) in [6, 6.07) is 5.25. The molecule has 6 nitrogen and oxygen atoms in total. The molecular weight excluding hydrogens is 397 g/mol. The van der Waals surface area contributed by atoms with Crippen LogP contribution in [-0.2, 0) is 4.79 Å². The standard InChI is InChI=1S/C18H17F3N2O4S/c1-10-14(16(24)23-8-2-3-12(9-23)17(25)26)28-15(22-10)11-4-6-13(7-5-11)27-18(19,20)21/h4-7,12H,2-3,8-9H2,1H3,(H,25,26)/t12-/m0/s1. The van der Waals surface area contributed by atoms with E-state index < -0.39 is 18.2 Å². The molecule has 1 aromatic heterocycles. The second kappa shape index (κ2) is 7.78. The number of carbonyl (C=O) groups excluding carboxylic acids is 1. The van der Waals surface area contributed by atoms with Crippen molar-refractivity contribution in [3.05, 3.63) is 34.8 Å². The first-order valence-corrected chi connectivity index (χ1v) is 9.31. The van der Waals surface area contributed by atoms with Gasteiger partial charge in [-0.2, -0.15) is 0 Å². The van der Waals surface area contributed by atoms with Gasteiger partial charge in [0.1, 0.15) is 15.6 Å². The third kappa shape index (κ3) is 4.61. The lowest BCUT2D eigenvalue weighted by atomic mass is 9.98. The molecule has 0 saturated carbocycles. The summed E-state index contributed by atoms with van der Waals surface area (Å²) in [6.07, 6.45) is -3.60. The van der Waals surface area contributed by atoms with Gasteiger partial charge >= 0.3 is 12.3 Å². The van der Waals surface area contributed by atoms with E-state index in [-0.39, 0.29) is 18.2 Å². The zero-order valence-electron chi connectivity index (χ0n) is 14.8. The van der Waals surface area contributed by atoms with Crippen LogP contribution in [0.3, 0.4) is 0 Å². The average Bonchev–Trinajstić information content (AvgIpc) is 3.02. The van der Waals surface area contributed by atoms with Gasteiger partial charge in [0.15, 0.2) is 0 Å². The number of piperidine rings is 1. The summed E-state index contributed by atoms with van der Waals surface area (Å²) in [5, 5.41) is 9.67. The zero-order chi connectivity index (χ0) is 20.5. The molecule has 1 amide bonds. The van der Waals surface area contributed by atoms with Gasteiger partial charge < -0.3 is 14.7 Å². The molecule has 1 saturated heterocycles. The molecule has 1 N–H and O–H groups in total. The minimum absolute atomic E-state index is 0.157. The molecule has 0 bridgehead atoms. The highest BCUT2D eigenvalue weighted by molar-refractivity contribution is 7.17. The Morgan fingerprint density at radius 2 is 1.96 bits per heavy atom. The van der Waals surface area contributed by atoms with Crippen LogP contribution in [0.2, 0.25) is 0 Å². The second-order valence-electron chi connectivity index (χ2n) is 6.43. The van der Waals surface area contributed by atoms with Crippen molar-refractivity contribution in [2.24, 2.45) is 5.92 Å². The molecule has 3 rings (SSSR count). The number of likely N-dealkylation sites (tertiary alicyclic amines) is 1. The highest BCUT2D eigenvalue weighted by atomic mass is 32.1. The topological polar surface area (TPSA) is 79.7 Å². The Bertz CT molecular complexity index is 880. The van der Waals surface area contributed by atoms with Crippen LogP contribution in [-0.4, -0.2) is 46.3 Å². The van der Waals surface area contributed by atoms with Crippen LogP contribution in [0.4, 0.5) is 13.2 Å². The predicted molar refractivity (Wildman–Crippen MR) is 95.2 cm³/mol. The first-order chi connectivity index (χ1) is 13.1. The third-order valence-corrected chi connectivity index (χ3v) is 5.58. The number of aliphatic carboxylic acids is 1. The van der Waals surface area contributed by atoms with E-state index >= 15 is 0 Å². The molecule has 10 heteroatoms. The number of aromatic nitrogens is 1. The lowest BCUT2D eigenvalue weighted by Gasteiger charge is -2.30. The van der Waals surface area contributed by atoms with E-state index in [0.717, 1.165) is 11.3 Å². The fourth-order valence-corrected chi connectivity index (χ4v) is 4.06. The molecule has 0 spiro atoms. The van der Waals surface area contributed by atoms with Crippen LogP contribution in [0.5, 0.6) is 5.75 Å². The van der Waals surface area contributed by atoms with Gasteiger partial charge in [0.2, 0.25) is 0 Å². The number of carboxylic acid groups (broad SMARTS) is 1. The molecule has 1 aromatic carbocycles. The number of hydrogen-bond donors (Lipinski definition) is 1. The summed E-state index contributed by atoms with van der Waals surface area (Å²) in [5.41, 5.74) is 1.06. The SMILES string of the molecule is Cc1nc(-c2ccc(OC(F)(F)F)cc2)sc1C(=O)N1CCC[C@H](C(=O)O)C1. The van der Waals surface area contributed by atoms with Gasteiger partial charge in [0.25, 0.3) is 5.91 Å². The summed E-state index contributed by atoms with van der Waals surface area (Å²) >= 11 is 1.13. The Morgan fingerprint density at radius 3 is 2.57 bits per heavy atom. The molecule has 1 aliphatic rings. The second-order valence-corrected chi connectivity index (χ2v) is 7.43.